The van der Waals surface area contributed by atoms with Crippen LogP contribution >= 0.6 is 47.2 Å². The van der Waals surface area contributed by atoms with E-state index in [9.17, 15) is 13.2 Å². The minimum Gasteiger partial charge on any atom is -0.374 e. The van der Waals surface area contributed by atoms with Crippen molar-refractivity contribution in [1.29, 1.82) is 0 Å². The number of unbranched alkanes of at least 4 members (excludes halogenated alkanes) is 1. The molecule has 0 bridgehead atoms. The summed E-state index contributed by atoms with van der Waals surface area (Å²) in [5.41, 5.74) is -0.588. The Kier molecular flexibility index (Phi) is 9.00. The van der Waals surface area contributed by atoms with Crippen molar-refractivity contribution in [2.24, 2.45) is 5.16 Å². The highest BCUT2D eigenvalue weighted by Gasteiger charge is 2.62. The van der Waals surface area contributed by atoms with Gasteiger partial charge in [0.05, 0.1) is 5.71 Å². The van der Waals surface area contributed by atoms with Crippen LogP contribution in [0.4, 0.5) is 18.9 Å². The van der Waals surface area contributed by atoms with Crippen LogP contribution in [0.2, 0.25) is 10.0 Å². The Morgan fingerprint density at radius 1 is 1.18 bits per heavy atom. The number of benzene rings is 2. The van der Waals surface area contributed by atoms with Crippen LogP contribution < -0.4 is 10.6 Å². The second kappa shape index (κ2) is 11.4. The maximum absolute atomic E-state index is 14.2. The molecule has 2 aromatic rings. The molecule has 0 spiro atoms. The quantitative estimate of drug-likeness (QED) is 0.267. The van der Waals surface area contributed by atoms with Crippen molar-refractivity contribution in [3.63, 3.8) is 0 Å². The first-order valence-electron chi connectivity index (χ1n) is 10.5. The molecule has 184 valence electrons. The molecule has 0 fully saturated rings. The molecule has 0 saturated carbocycles. The number of alkyl halides is 3. The first-order valence-corrected chi connectivity index (χ1v) is 13.0. The predicted octanol–water partition coefficient (Wildman–Crippen LogP) is 7.31. The third kappa shape index (κ3) is 6.30. The maximum atomic E-state index is 14.2. The Morgan fingerprint density at radius 3 is 2.50 bits per heavy atom. The van der Waals surface area contributed by atoms with Gasteiger partial charge in [0, 0.05) is 34.3 Å². The molecule has 1 heterocycles. The topological polar surface area (TPSA) is 45.7 Å². The van der Waals surface area contributed by atoms with Crippen molar-refractivity contribution >= 4 is 63.7 Å². The number of aryl methyl sites for hydroxylation is 1. The Balaban J connectivity index is 1.73. The van der Waals surface area contributed by atoms with Crippen LogP contribution in [0.25, 0.3) is 0 Å². The summed E-state index contributed by atoms with van der Waals surface area (Å²) < 4.78 is 42.6. The van der Waals surface area contributed by atoms with Crippen molar-refractivity contribution in [2.75, 3.05) is 23.9 Å². The monoisotopic (exact) mass is 549 g/mol. The molecule has 2 N–H and O–H groups in total. The van der Waals surface area contributed by atoms with Gasteiger partial charge in [-0.1, -0.05) is 34.4 Å². The molecule has 0 amide bonds. The molecule has 0 radical (unpaired) electrons. The van der Waals surface area contributed by atoms with Crippen molar-refractivity contribution < 1.29 is 18.0 Å². The lowest BCUT2D eigenvalue weighted by atomic mass is 9.86. The van der Waals surface area contributed by atoms with E-state index in [2.05, 4.69) is 22.0 Å². The summed E-state index contributed by atoms with van der Waals surface area (Å²) in [5, 5.41) is 10.8. The summed E-state index contributed by atoms with van der Waals surface area (Å²) in [6.07, 6.45) is -1.05. The van der Waals surface area contributed by atoms with Gasteiger partial charge >= 0.3 is 6.18 Å². The number of thiocarbonyl (C=S) groups is 1. The largest absolute Gasteiger partial charge is 0.435 e. The van der Waals surface area contributed by atoms with Crippen LogP contribution in [-0.4, -0.2) is 35.6 Å². The van der Waals surface area contributed by atoms with Crippen molar-refractivity contribution in [3.05, 3.63) is 63.1 Å². The third-order valence-corrected chi connectivity index (χ3v) is 6.76. The molecular formula is C23H24Cl2F3N3OS2. The summed E-state index contributed by atoms with van der Waals surface area (Å²) in [6, 6.07) is 8.98. The highest BCUT2D eigenvalue weighted by Crippen LogP contribution is 2.49. The van der Waals surface area contributed by atoms with Gasteiger partial charge in [0.15, 0.2) is 5.11 Å². The van der Waals surface area contributed by atoms with Crippen LogP contribution in [0.5, 0.6) is 0 Å². The molecular weight excluding hydrogens is 526 g/mol. The van der Waals surface area contributed by atoms with Crippen molar-refractivity contribution in [1.82, 2.24) is 5.32 Å². The fourth-order valence-electron chi connectivity index (χ4n) is 3.57. The highest BCUT2D eigenvalue weighted by molar-refractivity contribution is 7.98. The number of nitrogens with one attached hydrogen (secondary N) is 2. The van der Waals surface area contributed by atoms with Gasteiger partial charge < -0.3 is 15.5 Å². The number of oxime groups is 1. The van der Waals surface area contributed by atoms with E-state index in [0.29, 0.717) is 10.7 Å². The number of rotatable bonds is 8. The van der Waals surface area contributed by atoms with E-state index >= 15 is 0 Å². The fraction of sp³-hybridized carbons (Fsp3) is 0.391. The maximum Gasteiger partial charge on any atom is 0.435 e. The Bertz CT molecular complexity index is 1060. The van der Waals surface area contributed by atoms with Gasteiger partial charge in [-0.15, -0.1) is 0 Å². The second-order valence-corrected chi connectivity index (χ2v) is 10.2. The number of nitrogens with zero attached hydrogens (tertiary/aromatic N) is 1. The normalized spacial score (nSPS) is 17.8. The molecule has 2 aromatic carbocycles. The van der Waals surface area contributed by atoms with Gasteiger partial charge in [0.25, 0.3) is 5.60 Å². The van der Waals surface area contributed by atoms with E-state index in [-0.39, 0.29) is 21.3 Å². The summed E-state index contributed by atoms with van der Waals surface area (Å²) >= 11 is 19.1. The summed E-state index contributed by atoms with van der Waals surface area (Å²) in [7, 11) is 0. The van der Waals surface area contributed by atoms with Crippen LogP contribution in [0, 0.1) is 6.92 Å². The lowest BCUT2D eigenvalue weighted by Gasteiger charge is -2.29. The van der Waals surface area contributed by atoms with E-state index in [0.717, 1.165) is 36.4 Å². The van der Waals surface area contributed by atoms with Gasteiger partial charge in [0.2, 0.25) is 0 Å². The summed E-state index contributed by atoms with van der Waals surface area (Å²) in [6.45, 7) is 2.61. The second-order valence-electron chi connectivity index (χ2n) is 7.90. The smallest absolute Gasteiger partial charge is 0.374 e. The molecule has 11 heteroatoms. The molecule has 1 aliphatic heterocycles. The molecule has 1 unspecified atom stereocenters. The molecule has 34 heavy (non-hydrogen) atoms. The molecule has 0 aromatic heterocycles. The van der Waals surface area contributed by atoms with Gasteiger partial charge in [-0.3, -0.25) is 0 Å². The Morgan fingerprint density at radius 2 is 1.88 bits per heavy atom. The lowest BCUT2D eigenvalue weighted by molar-refractivity contribution is -0.275. The van der Waals surface area contributed by atoms with Gasteiger partial charge in [-0.25, -0.2) is 0 Å². The van der Waals surface area contributed by atoms with Crippen LogP contribution in [0.15, 0.2) is 41.6 Å². The zero-order valence-electron chi connectivity index (χ0n) is 18.6. The van der Waals surface area contributed by atoms with Crippen LogP contribution in [-0.2, 0) is 10.4 Å². The number of thioether (sulfide) groups is 1. The van der Waals surface area contributed by atoms with Crippen molar-refractivity contribution in [2.45, 2.75) is 38.0 Å². The minimum absolute atomic E-state index is 0.0864. The van der Waals surface area contributed by atoms with E-state index < -0.39 is 18.2 Å². The molecule has 3 rings (SSSR count). The Labute approximate surface area is 216 Å². The minimum atomic E-state index is -4.74. The van der Waals surface area contributed by atoms with E-state index in [4.69, 9.17) is 40.3 Å². The molecule has 1 atom stereocenters. The van der Waals surface area contributed by atoms with Gasteiger partial charge in [-0.05, 0) is 85.5 Å². The average Bonchev–Trinajstić information content (AvgIpc) is 3.21. The van der Waals surface area contributed by atoms with Crippen LogP contribution in [0.1, 0.15) is 36.0 Å². The Hall–Kier alpha value is -1.68. The average molecular weight is 550 g/mol. The first-order chi connectivity index (χ1) is 16.1. The SMILES string of the molecule is CSCCCCNC(=S)Nc1ccc(C2=NOC(c3cc(Cl)cc(Cl)c3)(C(F)(F)F)C2)cc1C. The molecule has 4 nitrogen and oxygen atoms in total. The van der Waals surface area contributed by atoms with E-state index in [1.807, 2.05) is 18.7 Å². The van der Waals surface area contributed by atoms with E-state index in [1.54, 1.807) is 18.2 Å². The third-order valence-electron chi connectivity index (χ3n) is 5.38. The van der Waals surface area contributed by atoms with E-state index in [1.165, 1.54) is 18.2 Å². The predicted molar refractivity (Wildman–Crippen MR) is 139 cm³/mol. The zero-order valence-corrected chi connectivity index (χ0v) is 21.7. The molecule has 0 saturated heterocycles. The number of halogens is 5. The zero-order chi connectivity index (χ0) is 24.9. The standard InChI is InChI=1S/C23H24Cl2F3N3OS2/c1-14-9-15(5-6-19(14)30-21(33)29-7-3-4-8-34-2)20-13-22(32-31-20,23(26,27)28)16-10-17(24)12-18(25)11-16/h5-6,9-12H,3-4,7-8,13H2,1-2H3,(H2,29,30,33). The van der Waals surface area contributed by atoms with Gasteiger partial charge in [-0.2, -0.15) is 24.9 Å². The number of hydrogen-bond acceptors (Lipinski definition) is 4. The molecule has 1 aliphatic rings. The highest BCUT2D eigenvalue weighted by atomic mass is 35.5. The summed E-state index contributed by atoms with van der Waals surface area (Å²) in [5.74, 6) is 1.11. The van der Waals surface area contributed by atoms with Crippen LogP contribution in [0.3, 0.4) is 0 Å². The number of hydrogen-bond donors (Lipinski definition) is 2. The molecule has 0 aliphatic carbocycles. The first kappa shape index (κ1) is 26.9. The lowest BCUT2D eigenvalue weighted by Crippen LogP contribution is -2.42. The van der Waals surface area contributed by atoms with Crippen molar-refractivity contribution in [3.8, 4) is 0 Å². The number of anilines is 1. The van der Waals surface area contributed by atoms with Gasteiger partial charge in [0.1, 0.15) is 0 Å². The summed E-state index contributed by atoms with van der Waals surface area (Å²) in [4.78, 5) is 5.07. The fourth-order valence-corrected chi connectivity index (χ4v) is 4.80.